The van der Waals surface area contributed by atoms with E-state index in [0.717, 1.165) is 41.9 Å². The lowest BCUT2D eigenvalue weighted by Gasteiger charge is -2.40. The Morgan fingerprint density at radius 2 is 1.67 bits per heavy atom. The fourth-order valence-electron chi connectivity index (χ4n) is 4.89. The van der Waals surface area contributed by atoms with Crippen molar-refractivity contribution in [1.82, 2.24) is 14.0 Å². The van der Waals surface area contributed by atoms with Crippen LogP contribution >= 0.6 is 0 Å². The molecule has 3 heterocycles. The van der Waals surface area contributed by atoms with E-state index in [1.54, 1.807) is 11.7 Å². The van der Waals surface area contributed by atoms with E-state index in [2.05, 4.69) is 15.9 Å². The van der Waals surface area contributed by atoms with E-state index >= 15 is 0 Å². The van der Waals surface area contributed by atoms with Crippen molar-refractivity contribution in [1.29, 1.82) is 0 Å². The minimum Gasteiger partial charge on any atom is -0.495 e. The van der Waals surface area contributed by atoms with Crippen molar-refractivity contribution in [3.05, 3.63) is 51.2 Å². The number of para-hydroxylation sites is 2. The van der Waals surface area contributed by atoms with Gasteiger partial charge in [0.1, 0.15) is 11.6 Å². The van der Waals surface area contributed by atoms with Crippen LogP contribution in [0, 0.1) is 5.92 Å². The van der Waals surface area contributed by atoms with Gasteiger partial charge < -0.3 is 19.4 Å². The molecule has 0 spiro atoms. The highest BCUT2D eigenvalue weighted by atomic mass is 16.5. The van der Waals surface area contributed by atoms with Crippen LogP contribution in [0.25, 0.3) is 0 Å². The molecule has 2 aliphatic rings. The topological polar surface area (TPSA) is 80.0 Å². The summed E-state index contributed by atoms with van der Waals surface area (Å²) in [5, 5.41) is 0. The van der Waals surface area contributed by atoms with Crippen LogP contribution in [-0.4, -0.2) is 66.3 Å². The molecular formula is C24H33N5O4. The molecule has 0 aliphatic carbocycles. The number of amides is 1. The first-order valence-electron chi connectivity index (χ1n) is 11.7. The number of rotatable bonds is 5. The van der Waals surface area contributed by atoms with E-state index in [-0.39, 0.29) is 23.1 Å². The number of piperazine rings is 1. The number of nitrogens with zero attached hydrogens (tertiary/aromatic N) is 5. The third-order valence-electron chi connectivity index (χ3n) is 6.88. The Hall–Kier alpha value is -3.23. The molecule has 2 saturated heterocycles. The first-order valence-corrected chi connectivity index (χ1v) is 11.7. The summed E-state index contributed by atoms with van der Waals surface area (Å²) in [6.45, 7) is 6.66. The van der Waals surface area contributed by atoms with E-state index in [1.807, 2.05) is 30.0 Å². The van der Waals surface area contributed by atoms with Gasteiger partial charge in [-0.3, -0.25) is 18.7 Å². The van der Waals surface area contributed by atoms with Crippen molar-refractivity contribution < 1.29 is 9.53 Å². The Kier molecular flexibility index (Phi) is 6.76. The average Bonchev–Trinajstić information content (AvgIpc) is 2.87. The number of hydrogen-bond donors (Lipinski definition) is 0. The Balaban J connectivity index is 1.36. The van der Waals surface area contributed by atoms with Gasteiger partial charge >= 0.3 is 5.69 Å². The number of anilines is 2. The Labute approximate surface area is 193 Å². The lowest BCUT2D eigenvalue weighted by Crippen LogP contribution is -2.52. The van der Waals surface area contributed by atoms with Crippen LogP contribution in [0.2, 0.25) is 0 Å². The van der Waals surface area contributed by atoms with Crippen molar-refractivity contribution >= 4 is 17.4 Å². The Morgan fingerprint density at radius 1 is 1.00 bits per heavy atom. The molecule has 2 aromatic rings. The first-order chi connectivity index (χ1) is 15.9. The summed E-state index contributed by atoms with van der Waals surface area (Å²) >= 11 is 0. The van der Waals surface area contributed by atoms with Gasteiger partial charge in [-0.25, -0.2) is 4.79 Å². The van der Waals surface area contributed by atoms with E-state index in [9.17, 15) is 14.4 Å². The van der Waals surface area contributed by atoms with Crippen LogP contribution in [0.5, 0.6) is 5.75 Å². The molecule has 1 aromatic carbocycles. The average molecular weight is 456 g/mol. The molecule has 2 fully saturated rings. The number of piperidine rings is 1. The van der Waals surface area contributed by atoms with Gasteiger partial charge in [0, 0.05) is 64.8 Å². The quantitative estimate of drug-likeness (QED) is 0.673. The number of carbonyl (C=O) groups excluding carboxylic acids is 1. The predicted octanol–water partition coefficient (Wildman–Crippen LogP) is 1.14. The zero-order valence-electron chi connectivity index (χ0n) is 19.7. The van der Waals surface area contributed by atoms with Crippen LogP contribution < -0.4 is 25.8 Å². The van der Waals surface area contributed by atoms with Gasteiger partial charge in [0.2, 0.25) is 5.91 Å². The molecule has 178 valence electrons. The van der Waals surface area contributed by atoms with Crippen molar-refractivity contribution in [2.24, 2.45) is 13.0 Å². The van der Waals surface area contributed by atoms with Gasteiger partial charge in [0.25, 0.3) is 5.56 Å². The summed E-state index contributed by atoms with van der Waals surface area (Å²) in [4.78, 5) is 44.1. The zero-order chi connectivity index (χ0) is 23.5. The molecule has 2 aliphatic heterocycles. The number of hydrogen-bond acceptors (Lipinski definition) is 6. The summed E-state index contributed by atoms with van der Waals surface area (Å²) < 4.78 is 8.24. The summed E-state index contributed by atoms with van der Waals surface area (Å²) in [6, 6.07) is 9.51. The van der Waals surface area contributed by atoms with Crippen molar-refractivity contribution in [3.63, 3.8) is 0 Å². The molecule has 0 unspecified atom stereocenters. The molecule has 0 radical (unpaired) electrons. The van der Waals surface area contributed by atoms with Gasteiger partial charge in [-0.05, 0) is 31.9 Å². The fraction of sp³-hybridized carbons (Fsp3) is 0.542. The zero-order valence-corrected chi connectivity index (χ0v) is 19.7. The summed E-state index contributed by atoms with van der Waals surface area (Å²) in [7, 11) is 3.18. The maximum atomic E-state index is 13.2. The predicted molar refractivity (Wildman–Crippen MR) is 128 cm³/mol. The molecule has 0 bridgehead atoms. The van der Waals surface area contributed by atoms with Gasteiger partial charge in [-0.15, -0.1) is 0 Å². The highest BCUT2D eigenvalue weighted by Gasteiger charge is 2.31. The normalized spacial score (nSPS) is 17.4. The van der Waals surface area contributed by atoms with E-state index in [1.165, 1.54) is 13.1 Å². The number of benzene rings is 1. The van der Waals surface area contributed by atoms with Crippen molar-refractivity contribution in [3.8, 4) is 5.75 Å². The second-order valence-corrected chi connectivity index (χ2v) is 8.67. The van der Waals surface area contributed by atoms with Crippen LogP contribution in [0.1, 0.15) is 19.8 Å². The van der Waals surface area contributed by atoms with Gasteiger partial charge in [0.15, 0.2) is 0 Å². The number of carbonyl (C=O) groups is 1. The second kappa shape index (κ2) is 9.72. The highest BCUT2D eigenvalue weighted by Crippen LogP contribution is 2.29. The van der Waals surface area contributed by atoms with Crippen LogP contribution in [-0.2, 0) is 18.4 Å². The summed E-state index contributed by atoms with van der Waals surface area (Å²) in [5.41, 5.74) is 0.466. The first kappa shape index (κ1) is 22.9. The SMILES string of the molecule is CCn1c(N2CCC(C(=O)N3CCN(c4ccccc4OC)CC3)CC2)cc(=O)n(C)c1=O. The lowest BCUT2D eigenvalue weighted by atomic mass is 9.95. The van der Waals surface area contributed by atoms with Gasteiger partial charge in [0.05, 0.1) is 12.8 Å². The number of methoxy groups -OCH3 is 1. The van der Waals surface area contributed by atoms with E-state index < -0.39 is 0 Å². The summed E-state index contributed by atoms with van der Waals surface area (Å²) in [5.74, 6) is 1.70. The molecular weight excluding hydrogens is 422 g/mol. The van der Waals surface area contributed by atoms with Crippen LogP contribution in [0.4, 0.5) is 11.5 Å². The molecule has 9 nitrogen and oxygen atoms in total. The Bertz CT molecular complexity index is 1110. The molecule has 0 saturated carbocycles. The maximum Gasteiger partial charge on any atom is 0.332 e. The number of ether oxygens (including phenoxy) is 1. The van der Waals surface area contributed by atoms with Crippen molar-refractivity contribution in [2.75, 3.05) is 56.2 Å². The lowest BCUT2D eigenvalue weighted by molar-refractivity contribution is -0.136. The largest absolute Gasteiger partial charge is 0.495 e. The monoisotopic (exact) mass is 455 g/mol. The standard InChI is InChI=1S/C24H33N5O4/c1-4-29-21(17-22(30)25(2)24(29)32)27-11-9-18(10-12-27)23(31)28-15-13-26(14-16-28)19-7-5-6-8-20(19)33-3/h5-8,17-18H,4,9-16H2,1-3H3. The molecule has 1 aromatic heterocycles. The second-order valence-electron chi connectivity index (χ2n) is 8.67. The molecule has 4 rings (SSSR count). The van der Waals surface area contributed by atoms with E-state index in [4.69, 9.17) is 4.74 Å². The molecule has 0 atom stereocenters. The third-order valence-corrected chi connectivity index (χ3v) is 6.88. The fourth-order valence-corrected chi connectivity index (χ4v) is 4.89. The molecule has 0 N–H and O–H groups in total. The van der Waals surface area contributed by atoms with E-state index in [0.29, 0.717) is 38.5 Å². The minimum atomic E-state index is -0.300. The number of aromatic nitrogens is 2. The molecule has 33 heavy (non-hydrogen) atoms. The Morgan fingerprint density at radius 3 is 2.30 bits per heavy atom. The smallest absolute Gasteiger partial charge is 0.332 e. The van der Waals surface area contributed by atoms with Crippen LogP contribution in [0.15, 0.2) is 39.9 Å². The maximum absolute atomic E-state index is 13.2. The van der Waals surface area contributed by atoms with Gasteiger partial charge in [-0.1, -0.05) is 12.1 Å². The highest BCUT2D eigenvalue weighted by molar-refractivity contribution is 5.79. The molecule has 9 heteroatoms. The van der Waals surface area contributed by atoms with Crippen molar-refractivity contribution in [2.45, 2.75) is 26.3 Å². The summed E-state index contributed by atoms with van der Waals surface area (Å²) in [6.07, 6.45) is 1.44. The molecule has 1 amide bonds. The minimum absolute atomic E-state index is 0.0209. The van der Waals surface area contributed by atoms with Gasteiger partial charge in [-0.2, -0.15) is 0 Å². The van der Waals surface area contributed by atoms with Crippen LogP contribution in [0.3, 0.4) is 0 Å². The third kappa shape index (κ3) is 4.49.